The number of carbonyl (C=O) groups is 2. The summed E-state index contributed by atoms with van der Waals surface area (Å²) in [5.74, 6) is -0.227. The van der Waals surface area contributed by atoms with E-state index in [9.17, 15) is 14.9 Å². The number of amides is 1. The van der Waals surface area contributed by atoms with Gasteiger partial charge in [0.15, 0.2) is 5.78 Å². The monoisotopic (exact) mass is 389 g/mol. The molecule has 1 amide bonds. The van der Waals surface area contributed by atoms with E-state index in [-0.39, 0.29) is 20.6 Å². The lowest BCUT2D eigenvalue weighted by atomic mass is 9.71. The number of benzene rings is 2. The summed E-state index contributed by atoms with van der Waals surface area (Å²) in [6, 6.07) is 12.8. The number of aromatic amines is 1. The first-order valence-electron chi connectivity index (χ1n) is 9.54. The van der Waals surface area contributed by atoms with Crippen LogP contribution in [0.25, 0.3) is 10.9 Å². The van der Waals surface area contributed by atoms with Crippen molar-refractivity contribution in [1.82, 2.24) is 10.3 Å². The van der Waals surface area contributed by atoms with Gasteiger partial charge in [0.05, 0.1) is 36.5 Å². The molecule has 3 aromatic rings. The van der Waals surface area contributed by atoms with E-state index in [2.05, 4.69) is 16.4 Å². The minimum absolute atomic E-state index is 0. The van der Waals surface area contributed by atoms with Gasteiger partial charge in [0, 0.05) is 36.0 Å². The highest BCUT2D eigenvalue weighted by Gasteiger charge is 2.40. The SMILES string of the molecule is CC1(C)c2cc(C(=O)NC3COC3)ccc2C(=O)c2c1[nH]c1cc(C#N)ccc21.[HH].[HH]. The largest absolute Gasteiger partial charge is 0.377 e. The van der Waals surface area contributed by atoms with Crippen LogP contribution < -0.4 is 5.32 Å². The van der Waals surface area contributed by atoms with Crippen molar-refractivity contribution in [3.63, 3.8) is 0 Å². The molecule has 6 heteroatoms. The Labute approximate surface area is 170 Å². The van der Waals surface area contributed by atoms with Crippen LogP contribution in [0, 0.1) is 11.3 Å². The number of nitrogens with zero attached hydrogens (tertiary/aromatic N) is 1. The van der Waals surface area contributed by atoms with Crippen molar-refractivity contribution in [3.8, 4) is 6.07 Å². The molecular formula is C23H23N3O3. The second-order valence-electron chi connectivity index (χ2n) is 8.17. The summed E-state index contributed by atoms with van der Waals surface area (Å²) in [4.78, 5) is 29.3. The van der Waals surface area contributed by atoms with Crippen LogP contribution in [0.3, 0.4) is 0 Å². The summed E-state index contributed by atoms with van der Waals surface area (Å²) in [6.07, 6.45) is 0. The van der Waals surface area contributed by atoms with Crippen molar-refractivity contribution in [3.05, 3.63) is 69.9 Å². The van der Waals surface area contributed by atoms with Crippen LogP contribution in [0.1, 0.15) is 59.8 Å². The van der Waals surface area contributed by atoms with Crippen molar-refractivity contribution in [2.75, 3.05) is 13.2 Å². The molecule has 2 N–H and O–H groups in total. The number of rotatable bonds is 2. The van der Waals surface area contributed by atoms with Gasteiger partial charge in [-0.3, -0.25) is 9.59 Å². The molecule has 2 aliphatic rings. The van der Waals surface area contributed by atoms with Crippen LogP contribution in [0.15, 0.2) is 36.4 Å². The fraction of sp³-hybridized carbons (Fsp3) is 0.261. The molecule has 0 spiro atoms. The molecule has 29 heavy (non-hydrogen) atoms. The van der Waals surface area contributed by atoms with Gasteiger partial charge in [0.2, 0.25) is 0 Å². The van der Waals surface area contributed by atoms with Crippen LogP contribution in [-0.2, 0) is 10.2 Å². The average Bonchev–Trinajstić information content (AvgIpc) is 3.08. The van der Waals surface area contributed by atoms with Crippen LogP contribution in [0.4, 0.5) is 0 Å². The fourth-order valence-electron chi connectivity index (χ4n) is 4.23. The molecule has 0 unspecified atom stereocenters. The summed E-state index contributed by atoms with van der Waals surface area (Å²) in [7, 11) is 0. The Morgan fingerprint density at radius 3 is 2.76 bits per heavy atom. The number of aromatic nitrogens is 1. The summed E-state index contributed by atoms with van der Waals surface area (Å²) >= 11 is 0. The zero-order valence-electron chi connectivity index (χ0n) is 16.1. The molecule has 1 saturated heterocycles. The molecule has 1 aromatic heterocycles. The molecule has 0 radical (unpaired) electrons. The molecule has 2 aromatic carbocycles. The Morgan fingerprint density at radius 1 is 1.28 bits per heavy atom. The van der Waals surface area contributed by atoms with Gasteiger partial charge in [-0.2, -0.15) is 5.26 Å². The third-order valence-corrected chi connectivity index (χ3v) is 5.95. The first-order chi connectivity index (χ1) is 13.9. The summed E-state index contributed by atoms with van der Waals surface area (Å²) < 4.78 is 5.11. The number of hydrogen-bond acceptors (Lipinski definition) is 4. The molecule has 5 rings (SSSR count). The molecule has 0 bridgehead atoms. The summed E-state index contributed by atoms with van der Waals surface area (Å²) in [5, 5.41) is 12.9. The van der Waals surface area contributed by atoms with E-state index in [4.69, 9.17) is 4.74 Å². The Morgan fingerprint density at radius 2 is 2.07 bits per heavy atom. The first-order valence-corrected chi connectivity index (χ1v) is 9.54. The molecule has 0 saturated carbocycles. The number of ether oxygens (including phenoxy) is 1. The molecule has 148 valence electrons. The zero-order chi connectivity index (χ0) is 20.3. The molecule has 1 fully saturated rings. The minimum atomic E-state index is -0.500. The second kappa shape index (κ2) is 6.03. The Bertz CT molecular complexity index is 1250. The van der Waals surface area contributed by atoms with Gasteiger partial charge in [0.25, 0.3) is 5.91 Å². The third kappa shape index (κ3) is 2.51. The number of fused-ring (bicyclic) bond motifs is 4. The number of carbonyl (C=O) groups excluding carboxylic acids is 2. The van der Waals surface area contributed by atoms with Crippen LogP contribution in [0.5, 0.6) is 0 Å². The lowest BCUT2D eigenvalue weighted by molar-refractivity contribution is -0.00346. The minimum Gasteiger partial charge on any atom is -0.377 e. The lowest BCUT2D eigenvalue weighted by Crippen LogP contribution is -2.48. The molecule has 1 aliphatic carbocycles. The van der Waals surface area contributed by atoms with Gasteiger partial charge < -0.3 is 15.0 Å². The van der Waals surface area contributed by atoms with Crippen LogP contribution in [0.2, 0.25) is 0 Å². The predicted octanol–water partition coefficient (Wildman–Crippen LogP) is 3.53. The highest BCUT2D eigenvalue weighted by molar-refractivity contribution is 6.20. The Hall–Kier alpha value is -3.43. The summed E-state index contributed by atoms with van der Waals surface area (Å²) in [5.41, 5.74) is 4.22. The molecule has 6 nitrogen and oxygen atoms in total. The second-order valence-corrected chi connectivity index (χ2v) is 8.17. The smallest absolute Gasteiger partial charge is 0.251 e. The van der Waals surface area contributed by atoms with Crippen LogP contribution in [-0.4, -0.2) is 35.9 Å². The summed E-state index contributed by atoms with van der Waals surface area (Å²) in [6.45, 7) is 5.14. The maximum atomic E-state index is 13.3. The van der Waals surface area contributed by atoms with Crippen LogP contribution >= 0.6 is 0 Å². The van der Waals surface area contributed by atoms with E-state index in [0.717, 1.165) is 22.2 Å². The predicted molar refractivity (Wildman–Crippen MR) is 111 cm³/mol. The van der Waals surface area contributed by atoms with E-state index in [1.807, 2.05) is 26.0 Å². The van der Waals surface area contributed by atoms with E-state index in [1.54, 1.807) is 24.3 Å². The van der Waals surface area contributed by atoms with Crippen molar-refractivity contribution < 1.29 is 17.2 Å². The van der Waals surface area contributed by atoms with Crippen molar-refractivity contribution in [2.45, 2.75) is 25.3 Å². The quantitative estimate of drug-likeness (QED) is 0.701. The normalized spacial score (nSPS) is 17.2. The first kappa shape index (κ1) is 17.7. The van der Waals surface area contributed by atoms with Gasteiger partial charge in [0.1, 0.15) is 0 Å². The van der Waals surface area contributed by atoms with E-state index in [1.165, 1.54) is 0 Å². The fourth-order valence-corrected chi connectivity index (χ4v) is 4.23. The van der Waals surface area contributed by atoms with Gasteiger partial charge in [-0.1, -0.05) is 19.9 Å². The van der Waals surface area contributed by atoms with Crippen molar-refractivity contribution >= 4 is 22.6 Å². The molecule has 2 heterocycles. The maximum absolute atomic E-state index is 13.3. The van der Waals surface area contributed by atoms with E-state index >= 15 is 0 Å². The van der Waals surface area contributed by atoms with Crippen molar-refractivity contribution in [1.29, 1.82) is 5.26 Å². The molecule has 1 aliphatic heterocycles. The van der Waals surface area contributed by atoms with E-state index < -0.39 is 5.41 Å². The standard InChI is InChI=1S/C23H19N3O3.2H2/c1-23(2)17-8-13(22(28)25-14-10-29-11-14)4-6-15(17)20(27)19-16-5-3-12(9-24)7-18(16)26-21(19)23;;/h3-8,14,26H,10-11H2,1-2H3,(H,25,28);2*1H. The number of nitrogens with one attached hydrogen (secondary N) is 2. The Balaban J connectivity index is 0.00000136. The lowest BCUT2D eigenvalue weighted by Gasteiger charge is -2.32. The van der Waals surface area contributed by atoms with Gasteiger partial charge in [-0.15, -0.1) is 0 Å². The molecule has 0 atom stereocenters. The Kier molecular flexibility index (Phi) is 3.67. The number of H-pyrrole nitrogens is 1. The highest BCUT2D eigenvalue weighted by atomic mass is 16.5. The maximum Gasteiger partial charge on any atom is 0.251 e. The van der Waals surface area contributed by atoms with Crippen molar-refractivity contribution in [2.24, 2.45) is 0 Å². The third-order valence-electron chi connectivity index (χ3n) is 5.95. The van der Waals surface area contributed by atoms with E-state index in [0.29, 0.717) is 35.5 Å². The average molecular weight is 389 g/mol. The topological polar surface area (TPSA) is 95.0 Å². The number of ketones is 1. The number of nitriles is 1. The molecular weight excluding hydrogens is 366 g/mol. The van der Waals surface area contributed by atoms with Gasteiger partial charge in [-0.25, -0.2) is 0 Å². The highest BCUT2D eigenvalue weighted by Crippen LogP contribution is 2.44. The number of hydrogen-bond donors (Lipinski definition) is 2. The van der Waals surface area contributed by atoms with Gasteiger partial charge >= 0.3 is 0 Å². The van der Waals surface area contributed by atoms with Gasteiger partial charge in [-0.05, 0) is 35.9 Å². The zero-order valence-corrected chi connectivity index (χ0v) is 16.1.